The third-order valence-electron chi connectivity index (χ3n) is 5.12. The lowest BCUT2D eigenvalue weighted by atomic mass is 9.74. The summed E-state index contributed by atoms with van der Waals surface area (Å²) >= 11 is 0. The van der Waals surface area contributed by atoms with Crippen molar-refractivity contribution < 1.29 is 0 Å². The van der Waals surface area contributed by atoms with Crippen LogP contribution in [0.25, 0.3) is 0 Å². The highest BCUT2D eigenvalue weighted by Gasteiger charge is 2.33. The lowest BCUT2D eigenvalue weighted by molar-refractivity contribution is 0.254. The molecule has 21 heavy (non-hydrogen) atoms. The fraction of sp³-hybridized carbons (Fsp3) is 0.778. The van der Waals surface area contributed by atoms with Gasteiger partial charge in [0.2, 0.25) is 0 Å². The van der Waals surface area contributed by atoms with E-state index in [1.807, 2.05) is 0 Å². The van der Waals surface area contributed by atoms with Crippen molar-refractivity contribution in [1.82, 2.24) is 15.3 Å². The first-order chi connectivity index (χ1) is 10.1. The van der Waals surface area contributed by atoms with E-state index in [1.165, 1.54) is 49.8 Å². The molecule has 3 rings (SSSR count). The van der Waals surface area contributed by atoms with Crippen LogP contribution in [0.2, 0.25) is 0 Å². The van der Waals surface area contributed by atoms with Crippen LogP contribution in [-0.4, -0.2) is 16.5 Å². The average molecular weight is 287 g/mol. The summed E-state index contributed by atoms with van der Waals surface area (Å²) in [5, 5.41) is 3.62. The normalized spacial score (nSPS) is 25.6. The van der Waals surface area contributed by atoms with Crippen molar-refractivity contribution in [2.75, 3.05) is 6.54 Å². The Labute approximate surface area is 129 Å². The van der Waals surface area contributed by atoms with Gasteiger partial charge in [-0.15, -0.1) is 0 Å². The van der Waals surface area contributed by atoms with E-state index in [-0.39, 0.29) is 0 Å². The Morgan fingerprint density at radius 3 is 2.71 bits per heavy atom. The molecule has 1 aromatic heterocycles. The van der Waals surface area contributed by atoms with Gasteiger partial charge >= 0.3 is 0 Å². The van der Waals surface area contributed by atoms with Crippen LogP contribution in [0, 0.1) is 5.41 Å². The second-order valence-corrected chi connectivity index (χ2v) is 7.62. The predicted molar refractivity (Wildman–Crippen MR) is 86.4 cm³/mol. The Morgan fingerprint density at radius 2 is 2.00 bits per heavy atom. The summed E-state index contributed by atoms with van der Waals surface area (Å²) in [5.41, 5.74) is 2.97. The van der Waals surface area contributed by atoms with E-state index in [0.29, 0.717) is 17.4 Å². The van der Waals surface area contributed by atoms with E-state index < -0.39 is 0 Å². The van der Waals surface area contributed by atoms with Crippen LogP contribution in [-0.2, 0) is 6.42 Å². The molecule has 1 aromatic rings. The van der Waals surface area contributed by atoms with E-state index in [2.05, 4.69) is 32.3 Å². The summed E-state index contributed by atoms with van der Waals surface area (Å²) in [7, 11) is 0. The Kier molecular flexibility index (Phi) is 4.30. The number of nitrogens with zero attached hydrogens (tertiary/aromatic N) is 2. The molecule has 0 aromatic carbocycles. The van der Waals surface area contributed by atoms with Crippen molar-refractivity contribution in [2.24, 2.45) is 5.41 Å². The van der Waals surface area contributed by atoms with Crippen LogP contribution < -0.4 is 5.32 Å². The topological polar surface area (TPSA) is 37.8 Å². The first kappa shape index (κ1) is 15.0. The van der Waals surface area contributed by atoms with Gasteiger partial charge in [-0.05, 0) is 37.6 Å². The molecular weight excluding hydrogens is 258 g/mol. The summed E-state index contributed by atoms with van der Waals surface area (Å²) < 4.78 is 0. The first-order valence-electron chi connectivity index (χ1n) is 8.68. The molecule has 116 valence electrons. The second-order valence-electron chi connectivity index (χ2n) is 7.62. The quantitative estimate of drug-likeness (QED) is 0.907. The van der Waals surface area contributed by atoms with E-state index in [0.717, 1.165) is 18.8 Å². The monoisotopic (exact) mass is 287 g/mol. The van der Waals surface area contributed by atoms with Crippen LogP contribution >= 0.6 is 0 Å². The third kappa shape index (κ3) is 3.28. The van der Waals surface area contributed by atoms with Crippen molar-refractivity contribution in [1.29, 1.82) is 0 Å². The number of aromatic nitrogens is 2. The molecule has 1 saturated carbocycles. The highest BCUT2D eigenvalue weighted by atomic mass is 15.0. The molecule has 1 fully saturated rings. The lowest BCUT2D eigenvalue weighted by Crippen LogP contribution is -2.34. The van der Waals surface area contributed by atoms with Crippen LogP contribution in [0.15, 0.2) is 6.20 Å². The molecule has 0 saturated heterocycles. The van der Waals surface area contributed by atoms with E-state index in [9.17, 15) is 0 Å². The molecule has 0 amide bonds. The summed E-state index contributed by atoms with van der Waals surface area (Å²) in [6.07, 6.45) is 11.0. The Morgan fingerprint density at radius 1 is 1.24 bits per heavy atom. The second kappa shape index (κ2) is 6.04. The van der Waals surface area contributed by atoms with Crippen LogP contribution in [0.1, 0.15) is 88.3 Å². The van der Waals surface area contributed by atoms with Crippen molar-refractivity contribution in [3.8, 4) is 0 Å². The maximum absolute atomic E-state index is 5.01. The molecule has 1 atom stereocenters. The van der Waals surface area contributed by atoms with Gasteiger partial charge in [0.1, 0.15) is 5.82 Å². The average Bonchev–Trinajstić information content (AvgIpc) is 2.46. The summed E-state index contributed by atoms with van der Waals surface area (Å²) in [6.45, 7) is 7.91. The third-order valence-corrected chi connectivity index (χ3v) is 5.12. The molecule has 3 heteroatoms. The highest BCUT2D eigenvalue weighted by Crippen LogP contribution is 2.40. The Hall–Kier alpha value is -0.960. The molecular formula is C18H29N3. The lowest BCUT2D eigenvalue weighted by Gasteiger charge is -2.37. The largest absolute Gasteiger partial charge is 0.310 e. The van der Waals surface area contributed by atoms with Gasteiger partial charge in [0.25, 0.3) is 0 Å². The maximum atomic E-state index is 5.01. The highest BCUT2D eigenvalue weighted by molar-refractivity contribution is 5.27. The van der Waals surface area contributed by atoms with Gasteiger partial charge in [0, 0.05) is 29.4 Å². The number of fused-ring (bicyclic) bond motifs is 1. The first-order valence-corrected chi connectivity index (χ1v) is 8.68. The van der Waals surface area contributed by atoms with Crippen molar-refractivity contribution >= 4 is 0 Å². The zero-order valence-electron chi connectivity index (χ0n) is 13.8. The Balaban J connectivity index is 1.89. The van der Waals surface area contributed by atoms with Gasteiger partial charge in [0.15, 0.2) is 0 Å². The SMILES string of the molecule is CCNC1CC(C)(C)Cc2nc(C3CCCCC3)ncc21. The van der Waals surface area contributed by atoms with E-state index in [4.69, 9.17) is 9.97 Å². The number of nitrogens with one attached hydrogen (secondary N) is 1. The van der Waals surface area contributed by atoms with Crippen molar-refractivity contribution in [3.05, 3.63) is 23.3 Å². The predicted octanol–water partition coefficient (Wildman–Crippen LogP) is 4.15. The van der Waals surface area contributed by atoms with Crippen LogP contribution in [0.4, 0.5) is 0 Å². The van der Waals surface area contributed by atoms with Gasteiger partial charge in [-0.3, -0.25) is 0 Å². The molecule has 0 bridgehead atoms. The molecule has 1 N–H and O–H groups in total. The van der Waals surface area contributed by atoms with E-state index in [1.54, 1.807) is 0 Å². The number of hydrogen-bond acceptors (Lipinski definition) is 3. The number of rotatable bonds is 3. The summed E-state index contributed by atoms with van der Waals surface area (Å²) in [4.78, 5) is 9.76. The molecule has 2 aliphatic carbocycles. The molecule has 1 unspecified atom stereocenters. The zero-order chi connectivity index (χ0) is 14.9. The van der Waals surface area contributed by atoms with Gasteiger partial charge in [-0.2, -0.15) is 0 Å². The molecule has 1 heterocycles. The standard InChI is InChI=1S/C18H29N3/c1-4-19-15-10-18(2,3)11-16-14(15)12-20-17(21-16)13-8-6-5-7-9-13/h12-13,15,19H,4-11H2,1-3H3. The van der Waals surface area contributed by atoms with Crippen molar-refractivity contribution in [2.45, 2.75) is 77.7 Å². The van der Waals surface area contributed by atoms with Crippen LogP contribution in [0.3, 0.4) is 0 Å². The summed E-state index contributed by atoms with van der Waals surface area (Å²) in [6, 6.07) is 0.425. The number of hydrogen-bond donors (Lipinski definition) is 1. The van der Waals surface area contributed by atoms with Gasteiger partial charge in [-0.25, -0.2) is 9.97 Å². The fourth-order valence-electron chi connectivity index (χ4n) is 4.05. The zero-order valence-corrected chi connectivity index (χ0v) is 13.8. The Bertz CT molecular complexity index is 489. The molecule has 0 radical (unpaired) electrons. The smallest absolute Gasteiger partial charge is 0.131 e. The fourth-order valence-corrected chi connectivity index (χ4v) is 4.05. The minimum atomic E-state index is 0.331. The molecule has 0 spiro atoms. The molecule has 3 nitrogen and oxygen atoms in total. The minimum absolute atomic E-state index is 0.331. The van der Waals surface area contributed by atoms with Gasteiger partial charge in [0.05, 0.1) is 0 Å². The van der Waals surface area contributed by atoms with Gasteiger partial charge in [-0.1, -0.05) is 40.0 Å². The van der Waals surface area contributed by atoms with E-state index >= 15 is 0 Å². The minimum Gasteiger partial charge on any atom is -0.310 e. The van der Waals surface area contributed by atoms with Gasteiger partial charge < -0.3 is 5.32 Å². The molecule has 0 aliphatic heterocycles. The maximum Gasteiger partial charge on any atom is 0.131 e. The van der Waals surface area contributed by atoms with Crippen LogP contribution in [0.5, 0.6) is 0 Å². The van der Waals surface area contributed by atoms with Crippen molar-refractivity contribution in [3.63, 3.8) is 0 Å². The molecule has 2 aliphatic rings. The summed E-state index contributed by atoms with van der Waals surface area (Å²) in [5.74, 6) is 1.72.